The molecule has 0 bridgehead atoms. The lowest BCUT2D eigenvalue weighted by atomic mass is 10.3. The maximum absolute atomic E-state index is 5.50. The highest BCUT2D eigenvalue weighted by Gasteiger charge is 2.17. The summed E-state index contributed by atoms with van der Waals surface area (Å²) < 4.78 is 10.4. The highest BCUT2D eigenvalue weighted by Crippen LogP contribution is 2.12. The lowest BCUT2D eigenvalue weighted by Crippen LogP contribution is -2.31. The van der Waals surface area contributed by atoms with E-state index in [0.29, 0.717) is 12.0 Å². The zero-order valence-corrected chi connectivity index (χ0v) is 6.23. The van der Waals surface area contributed by atoms with E-state index in [1.165, 1.54) is 0 Å². The van der Waals surface area contributed by atoms with E-state index in [1.807, 2.05) is 6.92 Å². The zero-order chi connectivity index (χ0) is 6.69. The molecule has 0 unspecified atom stereocenters. The SMILES string of the molecule is C[C@@H]1CCO[C@@H](CCl)O1. The van der Waals surface area contributed by atoms with Gasteiger partial charge in [0, 0.05) is 0 Å². The molecule has 2 atom stereocenters. The van der Waals surface area contributed by atoms with E-state index < -0.39 is 0 Å². The Kier molecular flexibility index (Phi) is 2.76. The van der Waals surface area contributed by atoms with Crippen LogP contribution < -0.4 is 0 Å². The maximum atomic E-state index is 5.50. The quantitative estimate of drug-likeness (QED) is 0.526. The Morgan fingerprint density at radius 1 is 1.67 bits per heavy atom. The molecule has 3 heteroatoms. The molecule has 1 aliphatic heterocycles. The molecule has 0 aliphatic carbocycles. The van der Waals surface area contributed by atoms with Crippen molar-refractivity contribution in [1.82, 2.24) is 0 Å². The van der Waals surface area contributed by atoms with Gasteiger partial charge in [0.2, 0.25) is 0 Å². The van der Waals surface area contributed by atoms with Crippen LogP contribution in [0.25, 0.3) is 0 Å². The van der Waals surface area contributed by atoms with E-state index in [4.69, 9.17) is 21.1 Å². The number of ether oxygens (including phenoxy) is 2. The van der Waals surface area contributed by atoms with Crippen LogP contribution in [-0.4, -0.2) is 24.9 Å². The standard InChI is InChI=1S/C6H11ClO2/c1-5-2-3-8-6(4-7)9-5/h5-6H,2-4H2,1H3/t5-,6-/m1/s1. The molecule has 1 fully saturated rings. The number of hydrogen-bond donors (Lipinski definition) is 0. The average molecular weight is 151 g/mol. The van der Waals surface area contributed by atoms with Crippen molar-refractivity contribution in [3.8, 4) is 0 Å². The average Bonchev–Trinajstić information content (AvgIpc) is 1.88. The summed E-state index contributed by atoms with van der Waals surface area (Å²) in [5.41, 5.74) is 0. The van der Waals surface area contributed by atoms with Crippen LogP contribution in [0, 0.1) is 0 Å². The van der Waals surface area contributed by atoms with E-state index in [9.17, 15) is 0 Å². The first kappa shape index (κ1) is 7.32. The van der Waals surface area contributed by atoms with Crippen molar-refractivity contribution in [2.24, 2.45) is 0 Å². The second kappa shape index (κ2) is 3.40. The van der Waals surface area contributed by atoms with Gasteiger partial charge in [-0.15, -0.1) is 11.6 Å². The summed E-state index contributed by atoms with van der Waals surface area (Å²) in [5, 5.41) is 0. The lowest BCUT2D eigenvalue weighted by Gasteiger charge is -2.26. The molecule has 54 valence electrons. The molecule has 0 amide bonds. The molecule has 2 nitrogen and oxygen atoms in total. The topological polar surface area (TPSA) is 18.5 Å². The molecule has 1 aliphatic rings. The summed E-state index contributed by atoms with van der Waals surface area (Å²) in [6.07, 6.45) is 1.12. The zero-order valence-electron chi connectivity index (χ0n) is 5.47. The van der Waals surface area contributed by atoms with Crippen molar-refractivity contribution < 1.29 is 9.47 Å². The summed E-state index contributed by atoms with van der Waals surface area (Å²) in [6, 6.07) is 0. The minimum Gasteiger partial charge on any atom is -0.351 e. The van der Waals surface area contributed by atoms with Gasteiger partial charge in [-0.3, -0.25) is 0 Å². The Morgan fingerprint density at radius 3 is 2.89 bits per heavy atom. The molecule has 0 saturated carbocycles. The predicted molar refractivity (Wildman–Crippen MR) is 35.6 cm³/mol. The third-order valence-corrected chi connectivity index (χ3v) is 1.59. The van der Waals surface area contributed by atoms with Gasteiger partial charge in [0.25, 0.3) is 0 Å². The molecule has 0 radical (unpaired) electrons. The Balaban J connectivity index is 2.23. The Labute approximate surface area is 60.1 Å². The van der Waals surface area contributed by atoms with Crippen molar-refractivity contribution in [2.45, 2.75) is 25.7 Å². The molecule has 9 heavy (non-hydrogen) atoms. The highest BCUT2D eigenvalue weighted by molar-refractivity contribution is 6.18. The summed E-state index contributed by atoms with van der Waals surface area (Å²) in [7, 11) is 0. The number of rotatable bonds is 1. The number of hydrogen-bond acceptors (Lipinski definition) is 2. The summed E-state index contributed by atoms with van der Waals surface area (Å²) in [5.74, 6) is 0.435. The van der Waals surface area contributed by atoms with Gasteiger partial charge < -0.3 is 9.47 Å². The molecule has 1 heterocycles. The maximum Gasteiger partial charge on any atom is 0.171 e. The molecule has 0 N–H and O–H groups in total. The van der Waals surface area contributed by atoms with Gasteiger partial charge >= 0.3 is 0 Å². The first-order chi connectivity index (χ1) is 4.33. The second-order valence-electron chi connectivity index (χ2n) is 2.19. The van der Waals surface area contributed by atoms with Gasteiger partial charge in [0.05, 0.1) is 18.6 Å². The van der Waals surface area contributed by atoms with E-state index in [1.54, 1.807) is 0 Å². The van der Waals surface area contributed by atoms with E-state index in [-0.39, 0.29) is 6.29 Å². The second-order valence-corrected chi connectivity index (χ2v) is 2.50. The van der Waals surface area contributed by atoms with Crippen molar-refractivity contribution in [2.75, 3.05) is 12.5 Å². The van der Waals surface area contributed by atoms with E-state index in [2.05, 4.69) is 0 Å². The van der Waals surface area contributed by atoms with Crippen LogP contribution in [0.3, 0.4) is 0 Å². The van der Waals surface area contributed by atoms with Crippen molar-refractivity contribution in [1.29, 1.82) is 0 Å². The van der Waals surface area contributed by atoms with Gasteiger partial charge in [0.15, 0.2) is 6.29 Å². The largest absolute Gasteiger partial charge is 0.351 e. The van der Waals surface area contributed by atoms with Crippen LogP contribution in [0.4, 0.5) is 0 Å². The smallest absolute Gasteiger partial charge is 0.171 e. The van der Waals surface area contributed by atoms with Crippen molar-refractivity contribution in [3.63, 3.8) is 0 Å². The molecule has 1 rings (SSSR count). The molecule has 0 aromatic carbocycles. The van der Waals surface area contributed by atoms with E-state index in [0.717, 1.165) is 13.0 Å². The summed E-state index contributed by atoms with van der Waals surface area (Å²) in [6.45, 7) is 2.81. The number of alkyl halides is 1. The lowest BCUT2D eigenvalue weighted by molar-refractivity contribution is -0.195. The normalized spacial score (nSPS) is 36.7. The fourth-order valence-corrected chi connectivity index (χ4v) is 0.975. The van der Waals surface area contributed by atoms with Crippen LogP contribution in [0.2, 0.25) is 0 Å². The van der Waals surface area contributed by atoms with E-state index >= 15 is 0 Å². The molecule has 0 aromatic heterocycles. The summed E-state index contributed by atoms with van der Waals surface area (Å²) in [4.78, 5) is 0. The Morgan fingerprint density at radius 2 is 2.44 bits per heavy atom. The van der Waals surface area contributed by atoms with Crippen molar-refractivity contribution >= 4 is 11.6 Å². The summed E-state index contributed by atoms with van der Waals surface area (Å²) >= 11 is 5.50. The van der Waals surface area contributed by atoms with Crippen LogP contribution in [-0.2, 0) is 9.47 Å². The van der Waals surface area contributed by atoms with Crippen LogP contribution in [0.5, 0.6) is 0 Å². The minimum absolute atomic E-state index is 0.171. The van der Waals surface area contributed by atoms with Gasteiger partial charge in [-0.05, 0) is 13.3 Å². The first-order valence-corrected chi connectivity index (χ1v) is 3.69. The highest BCUT2D eigenvalue weighted by atomic mass is 35.5. The Hall–Kier alpha value is 0.210. The minimum atomic E-state index is -0.171. The van der Waals surface area contributed by atoms with Gasteiger partial charge in [-0.2, -0.15) is 0 Å². The molecular weight excluding hydrogens is 140 g/mol. The molecule has 0 aromatic rings. The van der Waals surface area contributed by atoms with Gasteiger partial charge in [-0.1, -0.05) is 0 Å². The van der Waals surface area contributed by atoms with Gasteiger partial charge in [-0.25, -0.2) is 0 Å². The number of halogens is 1. The van der Waals surface area contributed by atoms with Gasteiger partial charge in [0.1, 0.15) is 0 Å². The third-order valence-electron chi connectivity index (χ3n) is 1.34. The van der Waals surface area contributed by atoms with Crippen LogP contribution >= 0.6 is 11.6 Å². The third kappa shape index (κ3) is 2.12. The molecule has 0 spiro atoms. The van der Waals surface area contributed by atoms with Crippen LogP contribution in [0.15, 0.2) is 0 Å². The molecular formula is C6H11ClO2. The predicted octanol–water partition coefficient (Wildman–Crippen LogP) is 1.38. The van der Waals surface area contributed by atoms with Crippen LogP contribution in [0.1, 0.15) is 13.3 Å². The van der Waals surface area contributed by atoms with Crippen molar-refractivity contribution in [3.05, 3.63) is 0 Å². The molecule has 1 saturated heterocycles. The monoisotopic (exact) mass is 150 g/mol. The fourth-order valence-electron chi connectivity index (χ4n) is 0.813. The fraction of sp³-hybridized carbons (Fsp3) is 1.00. The Bertz CT molecular complexity index is 87.1. The first-order valence-electron chi connectivity index (χ1n) is 3.16.